The Balaban J connectivity index is 1.87. The summed E-state index contributed by atoms with van der Waals surface area (Å²) in [6.45, 7) is -0.905. The molecule has 0 saturated heterocycles. The maximum Gasteiger partial charge on any atom is 0.249 e. The van der Waals surface area contributed by atoms with E-state index in [9.17, 15) is 32.7 Å². The number of carbonyl (C=O) groups is 3. The van der Waals surface area contributed by atoms with Crippen molar-refractivity contribution in [3.8, 4) is 0 Å². The number of anilines is 1. The average molecular weight is 548 g/mol. The second kappa shape index (κ2) is 11.3. The van der Waals surface area contributed by atoms with E-state index in [4.69, 9.17) is 5.73 Å². The quantitative estimate of drug-likeness (QED) is 0.409. The van der Waals surface area contributed by atoms with Gasteiger partial charge in [0.25, 0.3) is 0 Å². The van der Waals surface area contributed by atoms with Crippen LogP contribution in [0.1, 0.15) is 16.4 Å². The van der Waals surface area contributed by atoms with Crippen molar-refractivity contribution in [2.75, 3.05) is 11.9 Å². The van der Waals surface area contributed by atoms with Gasteiger partial charge in [-0.1, -0.05) is 12.1 Å². The number of hydrogen-bond acceptors (Lipinski definition) is 6. The first-order chi connectivity index (χ1) is 18.1. The molecule has 4 rings (SSSR count). The summed E-state index contributed by atoms with van der Waals surface area (Å²) in [6, 6.07) is 7.86. The van der Waals surface area contributed by atoms with Crippen LogP contribution in [0, 0.1) is 23.3 Å². The number of benzene rings is 3. The SMILES string of the molecule is N[C@@H](CO)C(=O)N(C(=O)Cc1cc(F)cc(F)c1)[C@@H]1C(=O)Nc2ccccc2S[C@@H]1c1cc(F)ccc1F. The number of para-hydroxylation sites is 1. The van der Waals surface area contributed by atoms with Crippen molar-refractivity contribution in [2.24, 2.45) is 5.73 Å². The van der Waals surface area contributed by atoms with E-state index in [1.165, 1.54) is 0 Å². The fraction of sp³-hybridized carbons (Fsp3) is 0.192. The van der Waals surface area contributed by atoms with Crippen LogP contribution in [0.4, 0.5) is 23.2 Å². The molecule has 0 aliphatic carbocycles. The molecule has 3 amide bonds. The Bertz CT molecular complexity index is 1390. The predicted octanol–water partition coefficient (Wildman–Crippen LogP) is 3.31. The molecular weight excluding hydrogens is 526 g/mol. The van der Waals surface area contributed by atoms with Crippen molar-refractivity contribution in [3.63, 3.8) is 0 Å². The van der Waals surface area contributed by atoms with Gasteiger partial charge in [0.15, 0.2) is 0 Å². The number of fused-ring (bicyclic) bond motifs is 1. The van der Waals surface area contributed by atoms with E-state index in [0.29, 0.717) is 21.5 Å². The number of hydrogen-bond donors (Lipinski definition) is 3. The third-order valence-corrected chi connectivity index (χ3v) is 7.17. The van der Waals surface area contributed by atoms with Crippen LogP contribution in [-0.4, -0.2) is 46.4 Å². The summed E-state index contributed by atoms with van der Waals surface area (Å²) in [5.74, 6) is -6.90. The van der Waals surface area contributed by atoms with Gasteiger partial charge in [-0.15, -0.1) is 11.8 Å². The van der Waals surface area contributed by atoms with Gasteiger partial charge >= 0.3 is 0 Å². The van der Waals surface area contributed by atoms with Crippen LogP contribution >= 0.6 is 11.8 Å². The molecule has 0 radical (unpaired) electrons. The van der Waals surface area contributed by atoms with Gasteiger partial charge in [0, 0.05) is 16.5 Å². The van der Waals surface area contributed by atoms with Crippen molar-refractivity contribution < 1.29 is 37.1 Å². The van der Waals surface area contributed by atoms with E-state index in [1.54, 1.807) is 24.3 Å². The molecule has 7 nitrogen and oxygen atoms in total. The smallest absolute Gasteiger partial charge is 0.249 e. The standard InChI is InChI=1S/C26H21F4N3O4S/c27-14-5-6-18(30)17(11-14)24-23(25(36)32-20-3-1-2-4-21(20)38-24)33(26(37)19(31)12-34)22(35)9-13-7-15(28)10-16(29)8-13/h1-8,10-11,19,23-24,34H,9,12,31H2,(H,32,36)/t19-,23-,24+/m0/s1. The molecule has 0 bridgehead atoms. The summed E-state index contributed by atoms with van der Waals surface area (Å²) in [5.41, 5.74) is 5.56. The molecule has 38 heavy (non-hydrogen) atoms. The number of halogens is 4. The largest absolute Gasteiger partial charge is 0.394 e. The predicted molar refractivity (Wildman–Crippen MR) is 131 cm³/mol. The number of thioether (sulfide) groups is 1. The normalized spacial score (nSPS) is 17.7. The molecule has 3 aromatic rings. The zero-order chi connectivity index (χ0) is 27.6. The Morgan fingerprint density at radius 2 is 1.68 bits per heavy atom. The molecule has 3 atom stereocenters. The first-order valence-electron chi connectivity index (χ1n) is 11.3. The maximum absolute atomic E-state index is 15.0. The van der Waals surface area contributed by atoms with Crippen LogP contribution in [0.5, 0.6) is 0 Å². The molecule has 0 unspecified atom stereocenters. The monoisotopic (exact) mass is 547 g/mol. The number of aliphatic hydroxyl groups is 1. The van der Waals surface area contributed by atoms with Crippen molar-refractivity contribution in [1.29, 1.82) is 0 Å². The summed E-state index contributed by atoms with van der Waals surface area (Å²) in [6.07, 6.45) is -0.738. The first-order valence-corrected chi connectivity index (χ1v) is 12.2. The Hall–Kier alpha value is -3.74. The topological polar surface area (TPSA) is 113 Å². The number of amides is 3. The van der Waals surface area contributed by atoms with Gasteiger partial charge in [-0.3, -0.25) is 19.3 Å². The lowest BCUT2D eigenvalue weighted by Gasteiger charge is -2.34. The van der Waals surface area contributed by atoms with Gasteiger partial charge in [0.05, 0.1) is 24.0 Å². The molecule has 12 heteroatoms. The Labute approximate surface area is 218 Å². The van der Waals surface area contributed by atoms with E-state index in [-0.39, 0.29) is 11.1 Å². The minimum Gasteiger partial charge on any atom is -0.394 e. The van der Waals surface area contributed by atoms with Crippen LogP contribution < -0.4 is 11.1 Å². The highest BCUT2D eigenvalue weighted by molar-refractivity contribution is 7.99. The zero-order valence-electron chi connectivity index (χ0n) is 19.5. The lowest BCUT2D eigenvalue weighted by molar-refractivity contribution is -0.152. The second-order valence-corrected chi connectivity index (χ2v) is 9.66. The molecule has 0 fully saturated rings. The number of nitrogens with zero attached hydrogens (tertiary/aromatic N) is 1. The number of nitrogens with one attached hydrogen (secondary N) is 1. The number of carbonyl (C=O) groups excluding carboxylic acids is 3. The maximum atomic E-state index is 15.0. The first kappa shape index (κ1) is 27.3. The number of rotatable bonds is 6. The van der Waals surface area contributed by atoms with Gasteiger partial charge in [0.2, 0.25) is 17.7 Å². The summed E-state index contributed by atoms with van der Waals surface area (Å²) in [7, 11) is 0. The second-order valence-electron chi connectivity index (χ2n) is 8.48. The van der Waals surface area contributed by atoms with Crippen LogP contribution in [0.2, 0.25) is 0 Å². The molecule has 1 heterocycles. The van der Waals surface area contributed by atoms with Crippen LogP contribution in [-0.2, 0) is 20.8 Å². The van der Waals surface area contributed by atoms with E-state index >= 15 is 4.39 Å². The highest BCUT2D eigenvalue weighted by Crippen LogP contribution is 2.46. The summed E-state index contributed by atoms with van der Waals surface area (Å²) < 4.78 is 56.8. The molecule has 0 saturated carbocycles. The van der Waals surface area contributed by atoms with Crippen molar-refractivity contribution >= 4 is 35.2 Å². The van der Waals surface area contributed by atoms with E-state index in [0.717, 1.165) is 42.1 Å². The number of imide groups is 1. The molecule has 3 aromatic carbocycles. The number of nitrogens with two attached hydrogens (primary N) is 1. The minimum atomic E-state index is -1.79. The highest BCUT2D eigenvalue weighted by Gasteiger charge is 2.45. The van der Waals surface area contributed by atoms with Gasteiger partial charge < -0.3 is 16.2 Å². The Morgan fingerprint density at radius 1 is 1.00 bits per heavy atom. The van der Waals surface area contributed by atoms with Gasteiger partial charge in [-0.2, -0.15) is 0 Å². The molecular formula is C26H21F4N3O4S. The fourth-order valence-electron chi connectivity index (χ4n) is 4.08. The molecule has 0 aromatic heterocycles. The summed E-state index contributed by atoms with van der Waals surface area (Å²) in [4.78, 5) is 41.3. The third kappa shape index (κ3) is 5.72. The summed E-state index contributed by atoms with van der Waals surface area (Å²) in [5, 5.41) is 10.8. The van der Waals surface area contributed by atoms with Crippen LogP contribution in [0.3, 0.4) is 0 Å². The highest BCUT2D eigenvalue weighted by atomic mass is 32.2. The summed E-state index contributed by atoms with van der Waals surface area (Å²) >= 11 is 0.900. The van der Waals surface area contributed by atoms with E-state index < -0.39 is 71.4 Å². The van der Waals surface area contributed by atoms with E-state index in [2.05, 4.69) is 5.32 Å². The van der Waals surface area contributed by atoms with Gasteiger partial charge in [0.1, 0.15) is 35.4 Å². The van der Waals surface area contributed by atoms with Crippen LogP contribution in [0.25, 0.3) is 0 Å². The molecule has 198 valence electrons. The van der Waals surface area contributed by atoms with Crippen molar-refractivity contribution in [3.05, 3.63) is 95.1 Å². The zero-order valence-corrected chi connectivity index (χ0v) is 20.4. The molecule has 1 aliphatic rings. The molecule has 1 aliphatic heterocycles. The van der Waals surface area contributed by atoms with E-state index in [1.807, 2.05) is 0 Å². The van der Waals surface area contributed by atoms with Crippen LogP contribution in [0.15, 0.2) is 65.6 Å². The lowest BCUT2D eigenvalue weighted by atomic mass is 9.99. The third-order valence-electron chi connectivity index (χ3n) is 5.79. The minimum absolute atomic E-state index is 0.152. The van der Waals surface area contributed by atoms with Crippen molar-refractivity contribution in [1.82, 2.24) is 4.90 Å². The lowest BCUT2D eigenvalue weighted by Crippen LogP contribution is -2.58. The molecule has 0 spiro atoms. The van der Waals surface area contributed by atoms with Gasteiger partial charge in [-0.05, 0) is 48.0 Å². The Kier molecular flexibility index (Phi) is 8.14. The average Bonchev–Trinajstić information content (AvgIpc) is 3.00. The fourth-order valence-corrected chi connectivity index (χ4v) is 5.44. The number of aliphatic hydroxyl groups excluding tert-OH is 1. The van der Waals surface area contributed by atoms with Gasteiger partial charge in [-0.25, -0.2) is 17.6 Å². The molecule has 4 N–H and O–H groups in total. The Morgan fingerprint density at radius 3 is 2.37 bits per heavy atom. The van der Waals surface area contributed by atoms with Crippen molar-refractivity contribution in [2.45, 2.75) is 28.6 Å².